The molecular weight excluding hydrogens is 286 g/mol. The highest BCUT2D eigenvalue weighted by Gasteiger charge is 2.40. The molecule has 3 aliphatic heterocycles. The van der Waals surface area contributed by atoms with E-state index in [0.29, 0.717) is 13.0 Å². The van der Waals surface area contributed by atoms with E-state index in [1.165, 1.54) is 23.9 Å². The smallest absolute Gasteiger partial charge is 0.308 e. The molecule has 3 rings (SSSR count). The lowest BCUT2D eigenvalue weighted by Gasteiger charge is -2.41. The van der Waals surface area contributed by atoms with E-state index in [-0.39, 0.29) is 12.2 Å². The molecule has 3 aliphatic rings. The van der Waals surface area contributed by atoms with Gasteiger partial charge in [-0.15, -0.1) is 0 Å². The van der Waals surface area contributed by atoms with E-state index in [2.05, 4.69) is 15.0 Å². The molecule has 4 N–H and O–H groups in total. The summed E-state index contributed by atoms with van der Waals surface area (Å²) in [7, 11) is 0. The quantitative estimate of drug-likeness (QED) is 0.549. The van der Waals surface area contributed by atoms with Crippen LogP contribution in [0.3, 0.4) is 0 Å². The molecular formula is C10H15N5O2S2. The highest BCUT2D eigenvalue weighted by molar-refractivity contribution is 8.00. The number of rotatable bonds is 3. The molecule has 1 saturated heterocycles. The molecule has 19 heavy (non-hydrogen) atoms. The van der Waals surface area contributed by atoms with E-state index in [4.69, 9.17) is 0 Å². The summed E-state index contributed by atoms with van der Waals surface area (Å²) < 4.78 is 0. The van der Waals surface area contributed by atoms with Gasteiger partial charge in [-0.2, -0.15) is 9.66 Å². The molecule has 0 aromatic carbocycles. The fourth-order valence-electron chi connectivity index (χ4n) is 2.43. The molecule has 3 atom stereocenters. The van der Waals surface area contributed by atoms with Crippen LogP contribution in [0.15, 0.2) is 23.2 Å². The van der Waals surface area contributed by atoms with Gasteiger partial charge in [0.25, 0.3) is 0 Å². The monoisotopic (exact) mass is 301 g/mol. The second-order valence-corrected chi connectivity index (χ2v) is 5.86. The van der Waals surface area contributed by atoms with Gasteiger partial charge in [-0.1, -0.05) is 0 Å². The van der Waals surface area contributed by atoms with Crippen LogP contribution in [0.2, 0.25) is 0 Å². The normalized spacial score (nSPS) is 34.2. The summed E-state index contributed by atoms with van der Waals surface area (Å²) in [6, 6.07) is -0.0840. The van der Waals surface area contributed by atoms with Crippen LogP contribution in [0.1, 0.15) is 6.42 Å². The maximum absolute atomic E-state index is 11.5. The van der Waals surface area contributed by atoms with Crippen molar-refractivity contribution in [2.24, 2.45) is 5.92 Å². The number of hydrogen-bond acceptors (Lipinski definition) is 8. The third-order valence-corrected chi connectivity index (χ3v) is 4.56. The fraction of sp³-hybridized carbons (Fsp3) is 0.500. The Morgan fingerprint density at radius 3 is 2.47 bits per heavy atom. The van der Waals surface area contributed by atoms with E-state index < -0.39 is 11.9 Å². The lowest BCUT2D eigenvalue weighted by atomic mass is 9.90. The van der Waals surface area contributed by atoms with Crippen LogP contribution in [0, 0.1) is 5.92 Å². The number of carbonyl (C=O) groups is 1. The Hall–Kier alpha value is -0.870. The van der Waals surface area contributed by atoms with Gasteiger partial charge >= 0.3 is 5.97 Å². The van der Waals surface area contributed by atoms with Gasteiger partial charge in [-0.25, -0.2) is 0 Å². The van der Waals surface area contributed by atoms with Crippen LogP contribution in [0.25, 0.3) is 0 Å². The molecule has 3 heterocycles. The first-order valence-corrected chi connectivity index (χ1v) is 7.70. The zero-order valence-corrected chi connectivity index (χ0v) is 11.7. The maximum atomic E-state index is 11.5. The second kappa shape index (κ2) is 5.63. The third-order valence-electron chi connectivity index (χ3n) is 3.41. The van der Waals surface area contributed by atoms with Crippen molar-refractivity contribution in [2.75, 3.05) is 6.54 Å². The average Bonchev–Trinajstić information content (AvgIpc) is 3.11. The SMILES string of the molecule is O=C(O)C1CC(N2C=CSN2)NCC1N1C=CSN1. The van der Waals surface area contributed by atoms with E-state index in [1.807, 2.05) is 33.2 Å². The lowest BCUT2D eigenvalue weighted by Crippen LogP contribution is -2.61. The molecule has 0 aliphatic carbocycles. The van der Waals surface area contributed by atoms with Crippen molar-refractivity contribution in [1.29, 1.82) is 0 Å². The van der Waals surface area contributed by atoms with Gasteiger partial charge in [-0.05, 0) is 30.3 Å². The minimum atomic E-state index is -0.751. The number of hydrogen-bond donors (Lipinski definition) is 4. The second-order valence-electron chi connectivity index (χ2n) is 4.47. The van der Waals surface area contributed by atoms with Crippen molar-refractivity contribution >= 4 is 29.9 Å². The predicted molar refractivity (Wildman–Crippen MR) is 74.7 cm³/mol. The van der Waals surface area contributed by atoms with E-state index in [9.17, 15) is 9.90 Å². The van der Waals surface area contributed by atoms with E-state index in [1.54, 1.807) is 0 Å². The number of nitrogens with one attached hydrogen (secondary N) is 3. The van der Waals surface area contributed by atoms with Crippen molar-refractivity contribution in [2.45, 2.75) is 18.6 Å². The highest BCUT2D eigenvalue weighted by Crippen LogP contribution is 2.26. The number of piperidine rings is 1. The first-order chi connectivity index (χ1) is 9.25. The zero-order valence-electron chi connectivity index (χ0n) is 10.0. The standard InChI is InChI=1S/C10H15N5O2S2/c16-10(17)7-5-9(15-2-4-19-13-15)11-6-8(7)14-1-3-18-12-14/h1-4,7-9,11-13H,5-6H2,(H,16,17). The first kappa shape index (κ1) is 13.1. The summed E-state index contributed by atoms with van der Waals surface area (Å²) in [6.45, 7) is 0.621. The molecule has 0 saturated carbocycles. The van der Waals surface area contributed by atoms with Crippen LogP contribution in [-0.4, -0.2) is 39.8 Å². The largest absolute Gasteiger partial charge is 0.481 e. The van der Waals surface area contributed by atoms with Gasteiger partial charge in [0, 0.05) is 29.8 Å². The molecule has 0 amide bonds. The van der Waals surface area contributed by atoms with Gasteiger partial charge in [-0.3, -0.25) is 20.1 Å². The summed E-state index contributed by atoms with van der Waals surface area (Å²) in [5.74, 6) is -1.16. The molecule has 3 unspecified atom stereocenters. The van der Waals surface area contributed by atoms with Crippen LogP contribution in [0.5, 0.6) is 0 Å². The molecule has 0 aromatic rings. The molecule has 0 aromatic heterocycles. The Morgan fingerprint density at radius 2 is 1.89 bits per heavy atom. The average molecular weight is 301 g/mol. The molecule has 9 heteroatoms. The Morgan fingerprint density at radius 1 is 1.21 bits per heavy atom. The lowest BCUT2D eigenvalue weighted by molar-refractivity contribution is -0.146. The van der Waals surface area contributed by atoms with Crippen molar-refractivity contribution in [3.8, 4) is 0 Å². The first-order valence-electron chi connectivity index (χ1n) is 5.94. The topological polar surface area (TPSA) is 79.9 Å². The summed E-state index contributed by atoms with van der Waals surface area (Å²) in [6.07, 6.45) is 4.36. The van der Waals surface area contributed by atoms with Gasteiger partial charge in [0.05, 0.1) is 18.1 Å². The van der Waals surface area contributed by atoms with Crippen molar-refractivity contribution < 1.29 is 9.90 Å². The molecule has 0 radical (unpaired) electrons. The molecule has 0 spiro atoms. The number of carboxylic acid groups (broad SMARTS) is 1. The summed E-state index contributed by atoms with van der Waals surface area (Å²) >= 11 is 2.94. The van der Waals surface area contributed by atoms with E-state index in [0.717, 1.165) is 0 Å². The van der Waals surface area contributed by atoms with Crippen LogP contribution in [-0.2, 0) is 4.79 Å². The molecule has 1 fully saturated rings. The van der Waals surface area contributed by atoms with Gasteiger partial charge < -0.3 is 5.11 Å². The van der Waals surface area contributed by atoms with Crippen LogP contribution < -0.4 is 15.0 Å². The number of hydrazine groups is 2. The minimum absolute atomic E-state index is 0.00263. The third kappa shape index (κ3) is 2.70. The molecule has 104 valence electrons. The Bertz CT molecular complexity index is 419. The van der Waals surface area contributed by atoms with Gasteiger partial charge in [0.1, 0.15) is 0 Å². The van der Waals surface area contributed by atoms with E-state index >= 15 is 0 Å². The fourth-order valence-corrected chi connectivity index (χ4v) is 3.56. The van der Waals surface area contributed by atoms with Gasteiger partial charge in [0.15, 0.2) is 0 Å². The van der Waals surface area contributed by atoms with Crippen LogP contribution >= 0.6 is 23.9 Å². The van der Waals surface area contributed by atoms with Gasteiger partial charge in [0.2, 0.25) is 0 Å². The molecule has 7 nitrogen and oxygen atoms in total. The van der Waals surface area contributed by atoms with Crippen LogP contribution in [0.4, 0.5) is 0 Å². The highest BCUT2D eigenvalue weighted by atomic mass is 32.2. The molecule has 0 bridgehead atoms. The Balaban J connectivity index is 1.69. The number of nitrogens with zero attached hydrogens (tertiary/aromatic N) is 2. The van der Waals surface area contributed by atoms with Crippen molar-refractivity contribution in [3.63, 3.8) is 0 Å². The number of aliphatic carboxylic acids is 1. The summed E-state index contributed by atoms with van der Waals surface area (Å²) in [4.78, 5) is 17.7. The Labute approximate surface area is 119 Å². The zero-order chi connectivity index (χ0) is 13.2. The predicted octanol–water partition coefficient (Wildman–Crippen LogP) is 0.254. The summed E-state index contributed by atoms with van der Waals surface area (Å²) in [5.41, 5.74) is 0. The Kier molecular flexibility index (Phi) is 3.89. The minimum Gasteiger partial charge on any atom is -0.481 e. The summed E-state index contributed by atoms with van der Waals surface area (Å²) in [5, 5.41) is 20.5. The van der Waals surface area contributed by atoms with Crippen molar-refractivity contribution in [1.82, 2.24) is 25.0 Å². The number of carboxylic acids is 1. The van der Waals surface area contributed by atoms with Crippen molar-refractivity contribution in [3.05, 3.63) is 23.2 Å². The maximum Gasteiger partial charge on any atom is 0.308 e.